The molecule has 0 aromatic carbocycles. The van der Waals surface area contributed by atoms with E-state index < -0.39 is 10.0 Å². The van der Waals surface area contributed by atoms with E-state index in [-0.39, 0.29) is 21.2 Å². The Morgan fingerprint density at radius 2 is 1.73 bits per heavy atom. The number of nitrogens with zero attached hydrogens (tertiary/aromatic N) is 2. The van der Waals surface area contributed by atoms with Crippen molar-refractivity contribution in [1.82, 2.24) is 7.46 Å². The first-order valence-corrected chi connectivity index (χ1v) is 10.4. The van der Waals surface area contributed by atoms with Gasteiger partial charge in [0.05, 0.1) is 0 Å². The normalized spacial score (nSPS) is 27.9. The predicted octanol–water partition coefficient (Wildman–Crippen LogP) is 0.0111. The maximum absolute atomic E-state index is 11.3. The van der Waals surface area contributed by atoms with Gasteiger partial charge in [-0.25, -0.2) is 0 Å². The van der Waals surface area contributed by atoms with Gasteiger partial charge in [0, 0.05) is 0 Å². The molecule has 1 spiro atoms. The molecule has 0 unspecified atom stereocenters. The van der Waals surface area contributed by atoms with Gasteiger partial charge in [0.25, 0.3) is 0 Å². The summed E-state index contributed by atoms with van der Waals surface area (Å²) in [5.41, 5.74) is 0.335. The summed E-state index contributed by atoms with van der Waals surface area (Å²) in [5.74, 6) is 0. The minimum atomic E-state index is -2.93. The van der Waals surface area contributed by atoms with Crippen LogP contribution in [0.15, 0.2) is 0 Å². The first-order chi connectivity index (χ1) is 6.95. The standard InChI is InChI=1S/C9H18N2O2STe/c1-14(12,13)10-7-9(8-10)3-5-11(15-2)6-4-9/h3-8H2,1-2H3. The van der Waals surface area contributed by atoms with Gasteiger partial charge in [-0.1, -0.05) is 0 Å². The summed E-state index contributed by atoms with van der Waals surface area (Å²) in [6.45, 7) is 3.92. The van der Waals surface area contributed by atoms with Gasteiger partial charge in [-0.15, -0.1) is 0 Å². The van der Waals surface area contributed by atoms with Gasteiger partial charge in [0.15, 0.2) is 0 Å². The zero-order chi connectivity index (χ0) is 11.1. The van der Waals surface area contributed by atoms with Crippen molar-refractivity contribution in [2.75, 3.05) is 32.4 Å². The Balaban J connectivity index is 1.88. The van der Waals surface area contributed by atoms with Gasteiger partial charge < -0.3 is 0 Å². The van der Waals surface area contributed by atoms with Crippen molar-refractivity contribution in [2.45, 2.75) is 17.8 Å². The molecule has 2 aliphatic rings. The molecule has 2 rings (SSSR count). The van der Waals surface area contributed by atoms with Crippen molar-refractivity contribution >= 4 is 31.2 Å². The van der Waals surface area contributed by atoms with Crippen LogP contribution in [-0.4, -0.2) is 69.5 Å². The van der Waals surface area contributed by atoms with E-state index in [1.165, 1.54) is 32.2 Å². The van der Waals surface area contributed by atoms with Crippen LogP contribution >= 0.6 is 0 Å². The third kappa shape index (κ3) is 2.50. The molecule has 0 aromatic heterocycles. The fourth-order valence-electron chi connectivity index (χ4n) is 2.40. The molecule has 0 aliphatic carbocycles. The Morgan fingerprint density at radius 3 is 2.13 bits per heavy atom. The quantitative estimate of drug-likeness (QED) is 0.662. The molecule has 2 saturated heterocycles. The Labute approximate surface area is 102 Å². The summed E-state index contributed by atoms with van der Waals surface area (Å²) in [6.07, 6.45) is 3.70. The van der Waals surface area contributed by atoms with E-state index >= 15 is 0 Å². The molecular weight excluding hydrogens is 328 g/mol. The summed E-state index contributed by atoms with van der Waals surface area (Å²) < 4.78 is 26.7. The van der Waals surface area contributed by atoms with Gasteiger partial charge in [0.2, 0.25) is 0 Å². The van der Waals surface area contributed by atoms with Crippen LogP contribution in [-0.2, 0) is 10.0 Å². The molecule has 2 aliphatic heterocycles. The van der Waals surface area contributed by atoms with Crippen LogP contribution < -0.4 is 0 Å². The van der Waals surface area contributed by atoms with E-state index in [4.69, 9.17) is 0 Å². The van der Waals surface area contributed by atoms with Crippen LogP contribution in [0, 0.1) is 5.41 Å². The van der Waals surface area contributed by atoms with Crippen LogP contribution in [0.4, 0.5) is 0 Å². The maximum atomic E-state index is 11.3. The Kier molecular flexibility index (Phi) is 3.36. The Morgan fingerprint density at radius 1 is 1.20 bits per heavy atom. The van der Waals surface area contributed by atoms with Crippen LogP contribution in [0.5, 0.6) is 0 Å². The molecule has 0 amide bonds. The topological polar surface area (TPSA) is 40.6 Å². The molecule has 0 atom stereocenters. The molecule has 2 fully saturated rings. The van der Waals surface area contributed by atoms with E-state index in [2.05, 4.69) is 8.12 Å². The number of piperidine rings is 1. The average Bonchev–Trinajstić information content (AvgIpc) is 2.13. The van der Waals surface area contributed by atoms with Crippen LogP contribution in [0.1, 0.15) is 12.8 Å². The third-order valence-corrected chi connectivity index (χ3v) is 7.25. The number of hydrogen-bond acceptors (Lipinski definition) is 3. The minimum absolute atomic E-state index is 0.0687. The number of sulfonamides is 1. The van der Waals surface area contributed by atoms with E-state index in [0.29, 0.717) is 5.41 Å². The van der Waals surface area contributed by atoms with Crippen molar-refractivity contribution in [3.8, 4) is 0 Å². The van der Waals surface area contributed by atoms with Gasteiger partial charge in [0.1, 0.15) is 0 Å². The van der Waals surface area contributed by atoms with Gasteiger partial charge in [-0.3, -0.25) is 0 Å². The van der Waals surface area contributed by atoms with E-state index in [0.717, 1.165) is 13.1 Å². The monoisotopic (exact) mass is 348 g/mol. The Hall–Kier alpha value is 0.660. The molecule has 0 saturated carbocycles. The van der Waals surface area contributed by atoms with E-state index in [1.807, 2.05) is 0 Å². The van der Waals surface area contributed by atoms with Crippen molar-refractivity contribution in [2.24, 2.45) is 5.41 Å². The van der Waals surface area contributed by atoms with Gasteiger partial charge >= 0.3 is 103 Å². The van der Waals surface area contributed by atoms with Gasteiger partial charge in [-0.05, 0) is 0 Å². The average molecular weight is 346 g/mol. The van der Waals surface area contributed by atoms with Crippen molar-refractivity contribution < 1.29 is 8.42 Å². The zero-order valence-corrected chi connectivity index (χ0v) is 12.4. The van der Waals surface area contributed by atoms with Crippen molar-refractivity contribution in [3.05, 3.63) is 0 Å². The molecule has 88 valence electrons. The fourth-order valence-corrected chi connectivity index (χ4v) is 4.98. The molecule has 2 heterocycles. The predicted molar refractivity (Wildman–Crippen MR) is 61.3 cm³/mol. The molecular formula is C9H18N2O2STe. The molecule has 0 bridgehead atoms. The molecule has 15 heavy (non-hydrogen) atoms. The van der Waals surface area contributed by atoms with Crippen molar-refractivity contribution in [3.63, 3.8) is 0 Å². The summed E-state index contributed by atoms with van der Waals surface area (Å²) in [7, 11) is -2.93. The zero-order valence-electron chi connectivity index (χ0n) is 9.27. The molecule has 0 aromatic rings. The fraction of sp³-hybridized carbons (Fsp3) is 1.00. The first kappa shape index (κ1) is 12.1. The summed E-state index contributed by atoms with van der Waals surface area (Å²) >= 11 is 0.0687. The van der Waals surface area contributed by atoms with Gasteiger partial charge in [-0.2, -0.15) is 0 Å². The second-order valence-electron chi connectivity index (χ2n) is 4.64. The third-order valence-electron chi connectivity index (χ3n) is 3.53. The molecule has 6 heteroatoms. The van der Waals surface area contributed by atoms with E-state index in [1.54, 1.807) is 4.31 Å². The Bertz CT molecular complexity index is 328. The molecule has 0 radical (unpaired) electrons. The molecule has 0 N–H and O–H groups in total. The summed E-state index contributed by atoms with van der Waals surface area (Å²) in [6, 6.07) is 0. The number of hydrogen-bond donors (Lipinski definition) is 0. The summed E-state index contributed by atoms with van der Waals surface area (Å²) in [5, 5.41) is 0. The second kappa shape index (κ2) is 4.15. The van der Waals surface area contributed by atoms with E-state index in [9.17, 15) is 8.42 Å². The van der Waals surface area contributed by atoms with Crippen molar-refractivity contribution in [1.29, 1.82) is 0 Å². The first-order valence-electron chi connectivity index (χ1n) is 5.19. The summed E-state index contributed by atoms with van der Waals surface area (Å²) in [4.78, 5) is 2.31. The second-order valence-corrected chi connectivity index (χ2v) is 9.14. The SMILES string of the molecule is C[Te]N1CCC2(CC1)CN(S(C)(=O)=O)C2. The molecule has 4 nitrogen and oxygen atoms in total. The number of rotatable bonds is 2. The van der Waals surface area contributed by atoms with Crippen LogP contribution in [0.3, 0.4) is 0 Å². The van der Waals surface area contributed by atoms with Crippen LogP contribution in [0.2, 0.25) is 4.97 Å². The van der Waals surface area contributed by atoms with Crippen LogP contribution in [0.25, 0.3) is 0 Å².